The zero-order chi connectivity index (χ0) is 10.5. The maximum Gasteiger partial charge on any atom is 0.137 e. The van der Waals surface area contributed by atoms with E-state index in [1.165, 1.54) is 12.8 Å². The van der Waals surface area contributed by atoms with Gasteiger partial charge in [-0.05, 0) is 25.8 Å². The van der Waals surface area contributed by atoms with Crippen molar-refractivity contribution < 1.29 is 5.11 Å². The van der Waals surface area contributed by atoms with Gasteiger partial charge in [0.1, 0.15) is 12.2 Å². The highest BCUT2D eigenvalue weighted by atomic mass is 16.3. The van der Waals surface area contributed by atoms with Crippen LogP contribution in [0.1, 0.15) is 31.0 Å². The van der Waals surface area contributed by atoms with Gasteiger partial charge in [0, 0.05) is 25.6 Å². The number of piperidine rings is 1. The van der Waals surface area contributed by atoms with Crippen LogP contribution in [0.4, 0.5) is 0 Å². The first-order chi connectivity index (χ1) is 7.42. The minimum Gasteiger partial charge on any atom is -0.396 e. The van der Waals surface area contributed by atoms with Crippen LogP contribution in [-0.2, 0) is 6.54 Å². The van der Waals surface area contributed by atoms with Gasteiger partial charge >= 0.3 is 0 Å². The number of nitrogens with zero attached hydrogens (tertiary/aromatic N) is 3. The lowest BCUT2D eigenvalue weighted by Crippen LogP contribution is -2.30. The van der Waals surface area contributed by atoms with Gasteiger partial charge in [-0.25, -0.2) is 0 Å². The van der Waals surface area contributed by atoms with Crippen LogP contribution in [0.3, 0.4) is 0 Å². The molecule has 1 aliphatic heterocycles. The van der Waals surface area contributed by atoms with Crippen LogP contribution in [0.2, 0.25) is 0 Å². The predicted octanol–water partition coefficient (Wildman–Crippen LogP) is 0.128. The number of aryl methyl sites for hydroxylation is 1. The van der Waals surface area contributed by atoms with E-state index in [0.29, 0.717) is 5.92 Å². The summed E-state index contributed by atoms with van der Waals surface area (Å²) in [4.78, 5) is 0. The molecule has 0 radical (unpaired) electrons. The molecule has 1 unspecified atom stereocenters. The van der Waals surface area contributed by atoms with E-state index >= 15 is 0 Å². The highest BCUT2D eigenvalue weighted by Gasteiger charge is 2.19. The molecule has 1 saturated heterocycles. The Labute approximate surface area is 89.5 Å². The maximum absolute atomic E-state index is 8.80. The highest BCUT2D eigenvalue weighted by Crippen LogP contribution is 2.20. The molecule has 2 heterocycles. The summed E-state index contributed by atoms with van der Waals surface area (Å²) < 4.78 is 2.06. The van der Waals surface area contributed by atoms with Crippen LogP contribution in [-0.4, -0.2) is 39.6 Å². The second-order valence-corrected chi connectivity index (χ2v) is 4.00. The van der Waals surface area contributed by atoms with E-state index < -0.39 is 0 Å². The minimum absolute atomic E-state index is 0.223. The molecule has 0 bridgehead atoms. The molecule has 2 rings (SSSR count). The van der Waals surface area contributed by atoms with Crippen molar-refractivity contribution in [2.24, 2.45) is 0 Å². The Hall–Kier alpha value is -0.940. The molecular formula is C10H18N4O. The van der Waals surface area contributed by atoms with Gasteiger partial charge in [0.05, 0.1) is 0 Å². The van der Waals surface area contributed by atoms with E-state index in [-0.39, 0.29) is 6.61 Å². The molecule has 5 heteroatoms. The van der Waals surface area contributed by atoms with Crippen LogP contribution in [0.25, 0.3) is 0 Å². The van der Waals surface area contributed by atoms with Crippen molar-refractivity contribution in [1.82, 2.24) is 20.1 Å². The van der Waals surface area contributed by atoms with Crippen molar-refractivity contribution in [2.75, 3.05) is 19.7 Å². The molecule has 1 atom stereocenters. The van der Waals surface area contributed by atoms with Gasteiger partial charge < -0.3 is 15.0 Å². The van der Waals surface area contributed by atoms with E-state index in [1.54, 1.807) is 6.33 Å². The molecule has 1 aromatic heterocycles. The third-order valence-corrected chi connectivity index (χ3v) is 2.86. The first-order valence-corrected chi connectivity index (χ1v) is 5.61. The first kappa shape index (κ1) is 10.6. The van der Waals surface area contributed by atoms with Gasteiger partial charge in [0.2, 0.25) is 0 Å². The number of aliphatic hydroxyl groups is 1. The fourth-order valence-corrected chi connectivity index (χ4v) is 2.07. The van der Waals surface area contributed by atoms with E-state index in [4.69, 9.17) is 5.11 Å². The van der Waals surface area contributed by atoms with Crippen molar-refractivity contribution in [3.05, 3.63) is 12.2 Å². The van der Waals surface area contributed by atoms with Crippen molar-refractivity contribution in [3.8, 4) is 0 Å². The van der Waals surface area contributed by atoms with Gasteiger partial charge in [-0.3, -0.25) is 0 Å². The Morgan fingerprint density at radius 1 is 1.60 bits per heavy atom. The first-order valence-electron chi connectivity index (χ1n) is 5.61. The zero-order valence-electron chi connectivity index (χ0n) is 8.89. The molecule has 15 heavy (non-hydrogen) atoms. The number of hydrogen-bond donors (Lipinski definition) is 2. The fraction of sp³-hybridized carbons (Fsp3) is 0.800. The van der Waals surface area contributed by atoms with Crippen molar-refractivity contribution in [3.63, 3.8) is 0 Å². The highest BCUT2D eigenvalue weighted by molar-refractivity contribution is 4.99. The number of aliphatic hydroxyl groups excluding tert-OH is 1. The van der Waals surface area contributed by atoms with E-state index in [2.05, 4.69) is 20.1 Å². The molecule has 0 spiro atoms. The number of aromatic nitrogens is 3. The second kappa shape index (κ2) is 5.23. The molecular weight excluding hydrogens is 192 g/mol. The third-order valence-electron chi connectivity index (χ3n) is 2.86. The lowest BCUT2D eigenvalue weighted by molar-refractivity contribution is 0.278. The SMILES string of the molecule is OCCCn1cnnc1C1CCCNC1. The quantitative estimate of drug-likeness (QED) is 0.741. The minimum atomic E-state index is 0.223. The predicted molar refractivity (Wildman–Crippen MR) is 56.6 cm³/mol. The van der Waals surface area contributed by atoms with E-state index in [1.807, 2.05) is 0 Å². The average Bonchev–Trinajstić information content (AvgIpc) is 2.75. The van der Waals surface area contributed by atoms with Crippen LogP contribution >= 0.6 is 0 Å². The van der Waals surface area contributed by atoms with Crippen LogP contribution in [0.5, 0.6) is 0 Å². The number of rotatable bonds is 4. The Balaban J connectivity index is 2.02. The molecule has 0 aliphatic carbocycles. The van der Waals surface area contributed by atoms with Crippen LogP contribution in [0, 0.1) is 0 Å². The van der Waals surface area contributed by atoms with Gasteiger partial charge in [-0.15, -0.1) is 10.2 Å². The summed E-state index contributed by atoms with van der Waals surface area (Å²) in [6, 6.07) is 0. The monoisotopic (exact) mass is 210 g/mol. The topological polar surface area (TPSA) is 63.0 Å². The molecule has 5 nitrogen and oxygen atoms in total. The van der Waals surface area contributed by atoms with Crippen LogP contribution in [0.15, 0.2) is 6.33 Å². The summed E-state index contributed by atoms with van der Waals surface area (Å²) >= 11 is 0. The molecule has 0 amide bonds. The number of hydrogen-bond acceptors (Lipinski definition) is 4. The standard InChI is InChI=1S/C10H18N4O/c15-6-2-5-14-8-12-13-10(14)9-3-1-4-11-7-9/h8-9,11,15H,1-7H2. The molecule has 0 aromatic carbocycles. The normalized spacial score (nSPS) is 21.8. The summed E-state index contributed by atoms with van der Waals surface area (Å²) in [5.74, 6) is 1.55. The largest absolute Gasteiger partial charge is 0.396 e. The molecule has 1 aliphatic rings. The number of nitrogens with one attached hydrogen (secondary N) is 1. The summed E-state index contributed by atoms with van der Waals surface area (Å²) in [6.07, 6.45) is 4.92. The lowest BCUT2D eigenvalue weighted by Gasteiger charge is -2.22. The van der Waals surface area contributed by atoms with Gasteiger partial charge in [0.25, 0.3) is 0 Å². The summed E-state index contributed by atoms with van der Waals surface area (Å²) in [7, 11) is 0. The van der Waals surface area contributed by atoms with E-state index in [9.17, 15) is 0 Å². The molecule has 1 aromatic rings. The van der Waals surface area contributed by atoms with Gasteiger partial charge in [-0.2, -0.15) is 0 Å². The summed E-state index contributed by atoms with van der Waals surface area (Å²) in [5, 5.41) is 20.3. The summed E-state index contributed by atoms with van der Waals surface area (Å²) in [5.41, 5.74) is 0. The second-order valence-electron chi connectivity index (χ2n) is 4.00. The van der Waals surface area contributed by atoms with Crippen molar-refractivity contribution >= 4 is 0 Å². The molecule has 84 valence electrons. The fourth-order valence-electron chi connectivity index (χ4n) is 2.07. The Kier molecular flexibility index (Phi) is 3.69. The molecule has 0 saturated carbocycles. The van der Waals surface area contributed by atoms with Gasteiger partial charge in [-0.1, -0.05) is 0 Å². The third kappa shape index (κ3) is 2.54. The van der Waals surface area contributed by atoms with Crippen molar-refractivity contribution in [2.45, 2.75) is 31.7 Å². The summed E-state index contributed by atoms with van der Waals surface area (Å²) in [6.45, 7) is 3.15. The Bertz CT molecular complexity index is 293. The Morgan fingerprint density at radius 2 is 2.53 bits per heavy atom. The maximum atomic E-state index is 8.80. The lowest BCUT2D eigenvalue weighted by atomic mass is 9.99. The van der Waals surface area contributed by atoms with Gasteiger partial charge in [0.15, 0.2) is 0 Å². The van der Waals surface area contributed by atoms with Crippen molar-refractivity contribution in [1.29, 1.82) is 0 Å². The molecule has 2 N–H and O–H groups in total. The zero-order valence-corrected chi connectivity index (χ0v) is 8.89. The van der Waals surface area contributed by atoms with E-state index in [0.717, 1.165) is 31.9 Å². The average molecular weight is 210 g/mol. The van der Waals surface area contributed by atoms with Crippen LogP contribution < -0.4 is 5.32 Å². The Morgan fingerprint density at radius 3 is 3.27 bits per heavy atom. The smallest absolute Gasteiger partial charge is 0.137 e. The molecule has 1 fully saturated rings.